The van der Waals surface area contributed by atoms with Crippen molar-refractivity contribution in [3.8, 4) is 0 Å². The van der Waals surface area contributed by atoms with E-state index in [0.717, 1.165) is 10.6 Å². The number of carbonyl (C=O) groups excluding carboxylic acids is 2. The number of anilines is 1. The number of nitrogens with one attached hydrogen (secondary N) is 1. The van der Waals surface area contributed by atoms with Gasteiger partial charge in [-0.25, -0.2) is 4.98 Å². The summed E-state index contributed by atoms with van der Waals surface area (Å²) < 4.78 is 0. The first-order valence-corrected chi connectivity index (χ1v) is 11.2. The molecule has 0 saturated carbocycles. The van der Waals surface area contributed by atoms with Gasteiger partial charge in [-0.3, -0.25) is 14.9 Å². The Hall–Kier alpha value is -2.51. The van der Waals surface area contributed by atoms with Gasteiger partial charge in [0, 0.05) is 23.4 Å². The molecule has 1 aromatic carbocycles. The summed E-state index contributed by atoms with van der Waals surface area (Å²) in [5.41, 5.74) is 2.96. The van der Waals surface area contributed by atoms with E-state index in [1.54, 1.807) is 6.07 Å². The third-order valence-corrected chi connectivity index (χ3v) is 6.85. The summed E-state index contributed by atoms with van der Waals surface area (Å²) in [7, 11) is 0. The number of aromatic nitrogens is 1. The monoisotopic (exact) mass is 425 g/mol. The second-order valence-corrected chi connectivity index (χ2v) is 10.2. The van der Waals surface area contributed by atoms with Crippen LogP contribution in [-0.4, -0.2) is 28.2 Å². The summed E-state index contributed by atoms with van der Waals surface area (Å²) in [4.78, 5) is 33.3. The number of thiophene rings is 1. The zero-order valence-corrected chi connectivity index (χ0v) is 18.3. The molecule has 3 aromatic rings. The second-order valence-electron chi connectivity index (χ2n) is 8.12. The predicted octanol–water partition coefficient (Wildman–Crippen LogP) is 4.95. The topological polar surface area (TPSA) is 62.3 Å². The van der Waals surface area contributed by atoms with Gasteiger partial charge in [-0.1, -0.05) is 50.3 Å². The smallest absolute Gasteiger partial charge is 0.267 e. The number of benzene rings is 1. The lowest BCUT2D eigenvalue weighted by molar-refractivity contribution is 0.0736. The van der Waals surface area contributed by atoms with Gasteiger partial charge in [-0.05, 0) is 34.6 Å². The number of rotatable bonds is 3. The maximum Gasteiger partial charge on any atom is 0.267 e. The van der Waals surface area contributed by atoms with Gasteiger partial charge in [-0.2, -0.15) is 0 Å². The van der Waals surface area contributed by atoms with E-state index in [4.69, 9.17) is 0 Å². The summed E-state index contributed by atoms with van der Waals surface area (Å²) in [6, 6.07) is 11.5. The van der Waals surface area contributed by atoms with Crippen LogP contribution in [0, 0.1) is 0 Å². The Morgan fingerprint density at radius 2 is 1.90 bits per heavy atom. The van der Waals surface area contributed by atoms with Gasteiger partial charge in [0.15, 0.2) is 5.13 Å². The molecule has 0 bridgehead atoms. The van der Waals surface area contributed by atoms with E-state index in [2.05, 4.69) is 31.1 Å². The SMILES string of the molecule is CC(C)(C)c1ccc(C(=O)N2CCc3nc(NC(=O)c4cccs4)sc3C2)cc1. The molecule has 1 aliphatic rings. The fourth-order valence-corrected chi connectivity index (χ4v) is 4.92. The molecule has 0 unspecified atom stereocenters. The summed E-state index contributed by atoms with van der Waals surface area (Å²) in [5, 5.41) is 5.34. The van der Waals surface area contributed by atoms with Crippen LogP contribution in [0.3, 0.4) is 0 Å². The summed E-state index contributed by atoms with van der Waals surface area (Å²) in [6.07, 6.45) is 0.701. The van der Waals surface area contributed by atoms with E-state index in [0.29, 0.717) is 35.1 Å². The van der Waals surface area contributed by atoms with E-state index in [-0.39, 0.29) is 17.2 Å². The molecule has 0 spiro atoms. The molecule has 0 aliphatic carbocycles. The number of hydrogen-bond acceptors (Lipinski definition) is 5. The van der Waals surface area contributed by atoms with Crippen LogP contribution < -0.4 is 5.32 Å². The van der Waals surface area contributed by atoms with Crippen molar-refractivity contribution in [2.75, 3.05) is 11.9 Å². The molecular weight excluding hydrogens is 402 g/mol. The van der Waals surface area contributed by atoms with Gasteiger partial charge in [0.2, 0.25) is 0 Å². The van der Waals surface area contributed by atoms with E-state index < -0.39 is 0 Å². The maximum absolute atomic E-state index is 13.0. The number of carbonyl (C=O) groups is 2. The van der Waals surface area contributed by atoms with Crippen molar-refractivity contribution >= 4 is 39.6 Å². The Morgan fingerprint density at radius 3 is 2.55 bits per heavy atom. The van der Waals surface area contributed by atoms with Gasteiger partial charge in [0.1, 0.15) is 0 Å². The van der Waals surface area contributed by atoms with Gasteiger partial charge < -0.3 is 4.90 Å². The molecule has 0 fully saturated rings. The molecule has 4 rings (SSSR count). The quantitative estimate of drug-likeness (QED) is 0.646. The first-order chi connectivity index (χ1) is 13.8. The van der Waals surface area contributed by atoms with E-state index in [1.807, 2.05) is 40.6 Å². The highest BCUT2D eigenvalue weighted by Crippen LogP contribution is 2.30. The average Bonchev–Trinajstić information content (AvgIpc) is 3.35. The Kier molecular flexibility index (Phi) is 5.27. The minimum Gasteiger partial charge on any atom is -0.333 e. The molecule has 0 atom stereocenters. The third-order valence-electron chi connectivity index (χ3n) is 4.98. The van der Waals surface area contributed by atoms with Crippen molar-refractivity contribution in [2.24, 2.45) is 0 Å². The first-order valence-electron chi connectivity index (χ1n) is 9.54. The fraction of sp³-hybridized carbons (Fsp3) is 0.318. The highest BCUT2D eigenvalue weighted by atomic mass is 32.1. The molecule has 3 heterocycles. The van der Waals surface area contributed by atoms with Crippen LogP contribution in [-0.2, 0) is 18.4 Å². The molecule has 29 heavy (non-hydrogen) atoms. The van der Waals surface area contributed by atoms with Gasteiger partial charge in [0.25, 0.3) is 11.8 Å². The Bertz CT molecular complexity index is 1030. The highest BCUT2D eigenvalue weighted by Gasteiger charge is 2.26. The lowest BCUT2D eigenvalue weighted by Gasteiger charge is -2.26. The summed E-state index contributed by atoms with van der Waals surface area (Å²) in [6.45, 7) is 7.65. The molecule has 0 radical (unpaired) electrons. The number of nitrogens with zero attached hydrogens (tertiary/aromatic N) is 2. The molecular formula is C22H23N3O2S2. The molecule has 1 aliphatic heterocycles. The molecule has 5 nitrogen and oxygen atoms in total. The van der Waals surface area contributed by atoms with Crippen molar-refractivity contribution in [3.05, 3.63) is 68.4 Å². The maximum atomic E-state index is 13.0. The van der Waals surface area contributed by atoms with E-state index >= 15 is 0 Å². The number of amides is 2. The Morgan fingerprint density at radius 1 is 1.14 bits per heavy atom. The Balaban J connectivity index is 1.45. The summed E-state index contributed by atoms with van der Waals surface area (Å²) in [5.74, 6) is -0.105. The van der Waals surface area contributed by atoms with Crippen LogP contribution in [0.1, 0.15) is 56.9 Å². The highest BCUT2D eigenvalue weighted by molar-refractivity contribution is 7.16. The van der Waals surface area contributed by atoms with Crippen molar-refractivity contribution in [1.29, 1.82) is 0 Å². The predicted molar refractivity (Wildman–Crippen MR) is 118 cm³/mol. The number of hydrogen-bond donors (Lipinski definition) is 1. The van der Waals surface area contributed by atoms with E-state index in [1.165, 1.54) is 28.2 Å². The van der Waals surface area contributed by atoms with Crippen molar-refractivity contribution < 1.29 is 9.59 Å². The summed E-state index contributed by atoms with van der Waals surface area (Å²) >= 11 is 2.85. The normalized spacial score (nSPS) is 13.8. The lowest BCUT2D eigenvalue weighted by Crippen LogP contribution is -2.35. The minimum atomic E-state index is -0.141. The minimum absolute atomic E-state index is 0.0358. The van der Waals surface area contributed by atoms with Crippen LogP contribution in [0.2, 0.25) is 0 Å². The standard InChI is InChI=1S/C22H23N3O2S2/c1-22(2,3)15-8-6-14(7-9-15)20(27)25-11-10-16-18(13-25)29-21(23-16)24-19(26)17-5-4-12-28-17/h4-9,12H,10-11,13H2,1-3H3,(H,23,24,26). The molecule has 7 heteroatoms. The molecule has 2 aromatic heterocycles. The van der Waals surface area contributed by atoms with Crippen LogP contribution >= 0.6 is 22.7 Å². The molecule has 0 saturated heterocycles. The van der Waals surface area contributed by atoms with Crippen LogP contribution in [0.5, 0.6) is 0 Å². The van der Waals surface area contributed by atoms with Crippen molar-refractivity contribution in [1.82, 2.24) is 9.88 Å². The van der Waals surface area contributed by atoms with Gasteiger partial charge in [0.05, 0.1) is 17.1 Å². The lowest BCUT2D eigenvalue weighted by atomic mass is 9.86. The van der Waals surface area contributed by atoms with Crippen LogP contribution in [0.4, 0.5) is 5.13 Å². The first kappa shape index (κ1) is 19.8. The van der Waals surface area contributed by atoms with Crippen molar-refractivity contribution in [2.45, 2.75) is 39.2 Å². The van der Waals surface area contributed by atoms with Crippen LogP contribution in [0.25, 0.3) is 0 Å². The third kappa shape index (κ3) is 4.26. The average molecular weight is 426 g/mol. The molecule has 1 N–H and O–H groups in total. The Labute approximate surface area is 178 Å². The van der Waals surface area contributed by atoms with Gasteiger partial charge >= 0.3 is 0 Å². The zero-order chi connectivity index (χ0) is 20.6. The second kappa shape index (κ2) is 7.72. The van der Waals surface area contributed by atoms with E-state index in [9.17, 15) is 9.59 Å². The molecule has 2 amide bonds. The molecule has 150 valence electrons. The fourth-order valence-electron chi connectivity index (χ4n) is 3.28. The van der Waals surface area contributed by atoms with Crippen molar-refractivity contribution in [3.63, 3.8) is 0 Å². The van der Waals surface area contributed by atoms with Gasteiger partial charge in [-0.15, -0.1) is 11.3 Å². The number of thiazole rings is 1. The zero-order valence-electron chi connectivity index (χ0n) is 16.7. The van der Waals surface area contributed by atoms with Crippen LogP contribution in [0.15, 0.2) is 41.8 Å². The number of fused-ring (bicyclic) bond motifs is 1. The largest absolute Gasteiger partial charge is 0.333 e.